The average Bonchev–Trinajstić information content (AvgIpc) is 3.08. The highest BCUT2D eigenvalue weighted by Crippen LogP contribution is 2.32. The molecule has 1 aliphatic rings. The zero-order valence-corrected chi connectivity index (χ0v) is 10.1. The molecule has 96 valence electrons. The van der Waals surface area contributed by atoms with E-state index in [1.54, 1.807) is 24.1 Å². The van der Waals surface area contributed by atoms with Crippen LogP contribution in [0.2, 0.25) is 0 Å². The molecule has 0 atom stereocenters. The van der Waals surface area contributed by atoms with Crippen LogP contribution in [-0.4, -0.2) is 34.6 Å². The molecule has 0 unspecified atom stereocenters. The summed E-state index contributed by atoms with van der Waals surface area (Å²) in [5.74, 6) is -1.14. The first-order valence-corrected chi connectivity index (χ1v) is 5.74. The van der Waals surface area contributed by atoms with Gasteiger partial charge in [0.05, 0.1) is 5.56 Å². The van der Waals surface area contributed by atoms with Gasteiger partial charge in [-0.2, -0.15) is 0 Å². The molecule has 1 saturated carbocycles. The van der Waals surface area contributed by atoms with E-state index in [1.807, 2.05) is 0 Å². The topological polar surface area (TPSA) is 96.5 Å². The van der Waals surface area contributed by atoms with Crippen LogP contribution in [0.4, 0.5) is 5.82 Å². The molecule has 0 spiro atoms. The van der Waals surface area contributed by atoms with Crippen molar-refractivity contribution in [1.29, 1.82) is 0 Å². The molecule has 1 aliphatic carbocycles. The zero-order chi connectivity index (χ0) is 13.3. The first kappa shape index (κ1) is 12.3. The van der Waals surface area contributed by atoms with Gasteiger partial charge in [0.15, 0.2) is 0 Å². The third-order valence-corrected chi connectivity index (χ3v) is 2.95. The van der Waals surface area contributed by atoms with Crippen molar-refractivity contribution in [3.8, 4) is 0 Å². The summed E-state index contributed by atoms with van der Waals surface area (Å²) in [6.07, 6.45) is 3.40. The SMILES string of the molecule is Cc1ccnc(N(CC(=O)O)C2CC2)c1C(N)=O. The summed E-state index contributed by atoms with van der Waals surface area (Å²) in [4.78, 5) is 28.2. The van der Waals surface area contributed by atoms with Gasteiger partial charge in [-0.15, -0.1) is 0 Å². The van der Waals surface area contributed by atoms with E-state index in [0.29, 0.717) is 16.9 Å². The minimum Gasteiger partial charge on any atom is -0.480 e. The Hall–Kier alpha value is -2.11. The standard InChI is InChI=1S/C12H15N3O3/c1-7-4-5-14-12(10(7)11(13)18)15(6-9(16)17)8-2-3-8/h4-5,8H,2-3,6H2,1H3,(H2,13,18)(H,16,17). The Morgan fingerprint density at radius 1 is 1.56 bits per heavy atom. The highest BCUT2D eigenvalue weighted by Gasteiger charge is 2.33. The molecule has 1 heterocycles. The lowest BCUT2D eigenvalue weighted by atomic mass is 10.1. The van der Waals surface area contributed by atoms with Gasteiger partial charge in [-0.25, -0.2) is 4.98 Å². The Kier molecular flexibility index (Phi) is 3.18. The minimum absolute atomic E-state index is 0.147. The number of carboxylic acid groups (broad SMARTS) is 1. The Balaban J connectivity index is 2.43. The number of primary amides is 1. The van der Waals surface area contributed by atoms with Gasteiger partial charge in [-0.1, -0.05) is 0 Å². The molecule has 1 amide bonds. The Morgan fingerprint density at radius 2 is 2.22 bits per heavy atom. The highest BCUT2D eigenvalue weighted by molar-refractivity contribution is 5.99. The van der Waals surface area contributed by atoms with Crippen LogP contribution in [0, 0.1) is 6.92 Å². The number of anilines is 1. The highest BCUT2D eigenvalue weighted by atomic mass is 16.4. The summed E-state index contributed by atoms with van der Waals surface area (Å²) in [5.41, 5.74) is 6.37. The Morgan fingerprint density at radius 3 is 2.72 bits per heavy atom. The third kappa shape index (κ3) is 2.42. The van der Waals surface area contributed by atoms with Crippen LogP contribution in [0.15, 0.2) is 12.3 Å². The summed E-state index contributed by atoms with van der Waals surface area (Å²) in [7, 11) is 0. The van der Waals surface area contributed by atoms with E-state index in [2.05, 4.69) is 4.98 Å². The maximum atomic E-state index is 11.5. The molecule has 0 radical (unpaired) electrons. The number of hydrogen-bond acceptors (Lipinski definition) is 4. The van der Waals surface area contributed by atoms with Crippen LogP contribution in [-0.2, 0) is 4.79 Å². The van der Waals surface area contributed by atoms with Crippen LogP contribution in [0.5, 0.6) is 0 Å². The number of carbonyl (C=O) groups excluding carboxylic acids is 1. The summed E-state index contributed by atoms with van der Waals surface area (Å²) in [5, 5.41) is 8.94. The van der Waals surface area contributed by atoms with Gasteiger partial charge >= 0.3 is 5.97 Å². The number of carbonyl (C=O) groups is 2. The van der Waals surface area contributed by atoms with Gasteiger partial charge < -0.3 is 15.7 Å². The molecule has 1 fully saturated rings. The molecule has 0 aliphatic heterocycles. The predicted molar refractivity (Wildman–Crippen MR) is 65.5 cm³/mol. The van der Waals surface area contributed by atoms with Crippen molar-refractivity contribution in [3.05, 3.63) is 23.4 Å². The van der Waals surface area contributed by atoms with Crippen molar-refractivity contribution in [2.24, 2.45) is 5.73 Å². The van der Waals surface area contributed by atoms with Crippen LogP contribution < -0.4 is 10.6 Å². The fraction of sp³-hybridized carbons (Fsp3) is 0.417. The molecule has 6 heteroatoms. The smallest absolute Gasteiger partial charge is 0.323 e. The molecular weight excluding hydrogens is 234 g/mol. The quantitative estimate of drug-likeness (QED) is 0.794. The lowest BCUT2D eigenvalue weighted by Crippen LogP contribution is -2.34. The van der Waals surface area contributed by atoms with E-state index in [4.69, 9.17) is 10.8 Å². The lowest BCUT2D eigenvalue weighted by Gasteiger charge is -2.23. The number of nitrogens with two attached hydrogens (primary N) is 1. The van der Waals surface area contributed by atoms with Crippen LogP contribution in [0.3, 0.4) is 0 Å². The normalized spacial score (nSPS) is 14.3. The fourth-order valence-corrected chi connectivity index (χ4v) is 1.98. The van der Waals surface area contributed by atoms with E-state index < -0.39 is 11.9 Å². The molecule has 0 bridgehead atoms. The van der Waals surface area contributed by atoms with E-state index in [1.165, 1.54) is 0 Å². The Bertz CT molecular complexity index is 497. The second-order valence-electron chi connectivity index (χ2n) is 4.44. The van der Waals surface area contributed by atoms with Gasteiger partial charge in [0.25, 0.3) is 5.91 Å². The fourth-order valence-electron chi connectivity index (χ4n) is 1.98. The number of amides is 1. The number of hydrogen-bond donors (Lipinski definition) is 2. The minimum atomic E-state index is -0.944. The second-order valence-corrected chi connectivity index (χ2v) is 4.44. The van der Waals surface area contributed by atoms with Gasteiger partial charge in [0.1, 0.15) is 12.4 Å². The molecule has 3 N–H and O–H groups in total. The summed E-state index contributed by atoms with van der Waals surface area (Å²) < 4.78 is 0. The maximum Gasteiger partial charge on any atom is 0.323 e. The van der Waals surface area contributed by atoms with Crippen molar-refractivity contribution in [3.63, 3.8) is 0 Å². The predicted octanol–water partition coefficient (Wildman–Crippen LogP) is 0.542. The zero-order valence-electron chi connectivity index (χ0n) is 10.1. The molecule has 2 rings (SSSR count). The first-order valence-electron chi connectivity index (χ1n) is 5.74. The van der Waals surface area contributed by atoms with Gasteiger partial charge in [-0.3, -0.25) is 9.59 Å². The van der Waals surface area contributed by atoms with E-state index in [9.17, 15) is 9.59 Å². The van der Waals surface area contributed by atoms with Gasteiger partial charge in [-0.05, 0) is 31.4 Å². The van der Waals surface area contributed by atoms with Gasteiger partial charge in [0, 0.05) is 12.2 Å². The lowest BCUT2D eigenvalue weighted by molar-refractivity contribution is -0.135. The monoisotopic (exact) mass is 249 g/mol. The van der Waals surface area contributed by atoms with Crippen molar-refractivity contribution in [1.82, 2.24) is 4.98 Å². The van der Waals surface area contributed by atoms with Crippen LogP contribution in [0.1, 0.15) is 28.8 Å². The number of nitrogens with zero attached hydrogens (tertiary/aromatic N) is 2. The molecule has 18 heavy (non-hydrogen) atoms. The summed E-state index contributed by atoms with van der Waals surface area (Å²) in [6, 6.07) is 1.84. The van der Waals surface area contributed by atoms with E-state index >= 15 is 0 Å². The Labute approximate surface area is 104 Å². The third-order valence-electron chi connectivity index (χ3n) is 2.95. The second kappa shape index (κ2) is 4.64. The van der Waals surface area contributed by atoms with Crippen molar-refractivity contribution in [2.45, 2.75) is 25.8 Å². The number of aryl methyl sites for hydroxylation is 1. The summed E-state index contributed by atoms with van der Waals surface area (Å²) >= 11 is 0. The number of pyridine rings is 1. The molecular formula is C12H15N3O3. The number of aliphatic carboxylic acids is 1. The van der Waals surface area contributed by atoms with Crippen LogP contribution >= 0.6 is 0 Å². The molecule has 0 saturated heterocycles. The molecule has 1 aromatic heterocycles. The van der Waals surface area contributed by atoms with Crippen molar-refractivity contribution >= 4 is 17.7 Å². The maximum absolute atomic E-state index is 11.5. The largest absolute Gasteiger partial charge is 0.480 e. The van der Waals surface area contributed by atoms with Crippen molar-refractivity contribution in [2.75, 3.05) is 11.4 Å². The number of rotatable bonds is 5. The van der Waals surface area contributed by atoms with Crippen LogP contribution in [0.25, 0.3) is 0 Å². The first-order chi connectivity index (χ1) is 8.50. The molecule has 0 aromatic carbocycles. The summed E-state index contributed by atoms with van der Waals surface area (Å²) in [6.45, 7) is 1.60. The number of carboxylic acids is 1. The van der Waals surface area contributed by atoms with E-state index in [0.717, 1.165) is 12.8 Å². The number of aromatic nitrogens is 1. The van der Waals surface area contributed by atoms with Crippen molar-refractivity contribution < 1.29 is 14.7 Å². The van der Waals surface area contributed by atoms with Gasteiger partial charge in [0.2, 0.25) is 0 Å². The average molecular weight is 249 g/mol. The molecule has 6 nitrogen and oxygen atoms in total. The molecule has 1 aromatic rings. The van der Waals surface area contributed by atoms with E-state index in [-0.39, 0.29) is 12.6 Å².